The molecule has 110 valence electrons. The van der Waals surface area contributed by atoms with Gasteiger partial charge in [-0.05, 0) is 30.9 Å². The van der Waals surface area contributed by atoms with Crippen LogP contribution in [0.2, 0.25) is 0 Å². The highest BCUT2D eigenvalue weighted by Gasteiger charge is 2.06. The summed E-state index contributed by atoms with van der Waals surface area (Å²) < 4.78 is 0. The van der Waals surface area contributed by atoms with E-state index in [2.05, 4.69) is 29.5 Å². The lowest BCUT2D eigenvalue weighted by Crippen LogP contribution is -2.25. The van der Waals surface area contributed by atoms with Gasteiger partial charge in [0.15, 0.2) is 0 Å². The summed E-state index contributed by atoms with van der Waals surface area (Å²) in [7, 11) is 0. The maximum atomic E-state index is 11.6. The maximum absolute atomic E-state index is 11.6. The number of anilines is 1. The summed E-state index contributed by atoms with van der Waals surface area (Å²) in [5.41, 5.74) is 0. The Balaban J connectivity index is 2.11. The van der Waals surface area contributed by atoms with Crippen molar-refractivity contribution in [3.63, 3.8) is 0 Å². The number of hydrogen-bond donors (Lipinski definition) is 2. The zero-order valence-corrected chi connectivity index (χ0v) is 12.2. The number of carbonyl (C=O) groups excluding carboxylic acids is 2. The van der Waals surface area contributed by atoms with Crippen molar-refractivity contribution in [2.45, 2.75) is 39.5 Å². The Kier molecular flexibility index (Phi) is 7.32. The second-order valence-corrected chi connectivity index (χ2v) is 5.15. The topological polar surface area (TPSA) is 71.1 Å². The van der Waals surface area contributed by atoms with Gasteiger partial charge in [0.25, 0.3) is 0 Å². The molecule has 0 bridgehead atoms. The fraction of sp³-hybridized carbons (Fsp3) is 0.533. The van der Waals surface area contributed by atoms with Crippen LogP contribution in [0.25, 0.3) is 0 Å². The predicted molar refractivity (Wildman–Crippen MR) is 79.2 cm³/mol. The summed E-state index contributed by atoms with van der Waals surface area (Å²) >= 11 is 0. The van der Waals surface area contributed by atoms with Gasteiger partial charge in [-0.15, -0.1) is 0 Å². The van der Waals surface area contributed by atoms with Gasteiger partial charge in [-0.3, -0.25) is 9.59 Å². The minimum absolute atomic E-state index is 0.0105. The van der Waals surface area contributed by atoms with Crippen molar-refractivity contribution in [2.24, 2.45) is 5.92 Å². The van der Waals surface area contributed by atoms with Crippen molar-refractivity contribution in [2.75, 3.05) is 11.9 Å². The van der Waals surface area contributed by atoms with Gasteiger partial charge in [0, 0.05) is 25.6 Å². The summed E-state index contributed by atoms with van der Waals surface area (Å²) in [6.45, 7) is 4.94. The normalized spacial score (nSPS) is 10.3. The molecule has 20 heavy (non-hydrogen) atoms. The van der Waals surface area contributed by atoms with E-state index in [1.807, 2.05) is 6.07 Å². The van der Waals surface area contributed by atoms with Gasteiger partial charge in [0.05, 0.1) is 0 Å². The number of aromatic nitrogens is 1. The van der Waals surface area contributed by atoms with Gasteiger partial charge >= 0.3 is 0 Å². The number of nitrogens with one attached hydrogen (secondary N) is 2. The fourth-order valence-corrected chi connectivity index (χ4v) is 1.64. The first-order chi connectivity index (χ1) is 9.58. The third kappa shape index (κ3) is 7.51. The van der Waals surface area contributed by atoms with Crippen molar-refractivity contribution >= 4 is 17.6 Å². The predicted octanol–water partition coefficient (Wildman–Crippen LogP) is 2.35. The van der Waals surface area contributed by atoms with Crippen LogP contribution in [-0.4, -0.2) is 23.3 Å². The number of hydrogen-bond acceptors (Lipinski definition) is 3. The van der Waals surface area contributed by atoms with Crippen molar-refractivity contribution in [1.82, 2.24) is 10.3 Å². The Morgan fingerprint density at radius 1 is 1.20 bits per heavy atom. The molecule has 2 N–H and O–H groups in total. The van der Waals surface area contributed by atoms with Crippen LogP contribution in [0.3, 0.4) is 0 Å². The zero-order valence-electron chi connectivity index (χ0n) is 12.2. The van der Waals surface area contributed by atoms with Crippen LogP contribution in [-0.2, 0) is 9.59 Å². The van der Waals surface area contributed by atoms with E-state index >= 15 is 0 Å². The molecule has 0 atom stereocenters. The van der Waals surface area contributed by atoms with Gasteiger partial charge < -0.3 is 10.6 Å². The van der Waals surface area contributed by atoms with E-state index in [9.17, 15) is 9.59 Å². The van der Waals surface area contributed by atoms with Crippen molar-refractivity contribution in [3.05, 3.63) is 24.4 Å². The molecule has 5 heteroatoms. The van der Waals surface area contributed by atoms with Crippen LogP contribution in [0.5, 0.6) is 0 Å². The molecular formula is C15H23N3O2. The fourth-order valence-electron chi connectivity index (χ4n) is 1.64. The minimum Gasteiger partial charge on any atom is -0.356 e. The molecule has 0 saturated carbocycles. The molecule has 0 aliphatic rings. The Hall–Kier alpha value is -1.91. The number of pyridine rings is 1. The Labute approximate surface area is 120 Å². The highest BCUT2D eigenvalue weighted by molar-refractivity contribution is 5.90. The van der Waals surface area contributed by atoms with Gasteiger partial charge in [0.2, 0.25) is 11.8 Å². The molecule has 0 radical (unpaired) electrons. The van der Waals surface area contributed by atoms with Gasteiger partial charge in [-0.25, -0.2) is 4.98 Å². The molecule has 2 amide bonds. The lowest BCUT2D eigenvalue weighted by atomic mass is 10.1. The van der Waals surface area contributed by atoms with E-state index in [1.54, 1.807) is 18.3 Å². The Morgan fingerprint density at radius 3 is 2.60 bits per heavy atom. The van der Waals surface area contributed by atoms with Crippen LogP contribution in [0.4, 0.5) is 5.82 Å². The molecule has 1 aromatic rings. The SMILES string of the molecule is CC(C)CCNC(=O)CCCC(=O)Nc1ccccn1. The Bertz CT molecular complexity index is 418. The molecule has 0 saturated heterocycles. The molecule has 1 heterocycles. The third-order valence-electron chi connectivity index (χ3n) is 2.78. The van der Waals surface area contributed by atoms with E-state index in [-0.39, 0.29) is 11.8 Å². The first-order valence-electron chi connectivity index (χ1n) is 7.05. The summed E-state index contributed by atoms with van der Waals surface area (Å²) in [5, 5.41) is 5.55. The summed E-state index contributed by atoms with van der Waals surface area (Å²) in [6, 6.07) is 5.33. The molecule has 0 unspecified atom stereocenters. The maximum Gasteiger partial charge on any atom is 0.225 e. The number of nitrogens with zero attached hydrogens (tertiary/aromatic N) is 1. The molecule has 0 aromatic carbocycles. The van der Waals surface area contributed by atoms with E-state index in [0.29, 0.717) is 37.5 Å². The lowest BCUT2D eigenvalue weighted by Gasteiger charge is -2.07. The van der Waals surface area contributed by atoms with E-state index < -0.39 is 0 Å². The largest absolute Gasteiger partial charge is 0.356 e. The third-order valence-corrected chi connectivity index (χ3v) is 2.78. The molecule has 0 aliphatic carbocycles. The number of amides is 2. The van der Waals surface area contributed by atoms with Crippen LogP contribution in [0, 0.1) is 5.92 Å². The molecular weight excluding hydrogens is 254 g/mol. The van der Waals surface area contributed by atoms with E-state index in [1.165, 1.54) is 0 Å². The molecule has 0 fully saturated rings. The summed E-state index contributed by atoms with van der Waals surface area (Å²) in [4.78, 5) is 27.1. The monoisotopic (exact) mass is 277 g/mol. The molecule has 1 rings (SSSR count). The lowest BCUT2D eigenvalue weighted by molar-refractivity contribution is -0.121. The first-order valence-corrected chi connectivity index (χ1v) is 7.05. The van der Waals surface area contributed by atoms with Crippen molar-refractivity contribution < 1.29 is 9.59 Å². The van der Waals surface area contributed by atoms with Crippen LogP contribution in [0.1, 0.15) is 39.5 Å². The average Bonchev–Trinajstić information content (AvgIpc) is 2.39. The minimum atomic E-state index is -0.112. The number of rotatable bonds is 8. The van der Waals surface area contributed by atoms with Crippen LogP contribution < -0.4 is 10.6 Å². The Morgan fingerprint density at radius 2 is 1.95 bits per heavy atom. The highest BCUT2D eigenvalue weighted by atomic mass is 16.2. The summed E-state index contributed by atoms with van der Waals surface area (Å²) in [5.74, 6) is 1.02. The number of carbonyl (C=O) groups is 2. The molecule has 0 aliphatic heterocycles. The summed E-state index contributed by atoms with van der Waals surface area (Å²) in [6.07, 6.45) is 3.86. The van der Waals surface area contributed by atoms with E-state index in [0.717, 1.165) is 6.42 Å². The second kappa shape index (κ2) is 9.07. The standard InChI is InChI=1S/C15H23N3O2/c1-12(2)9-11-17-14(19)7-5-8-15(20)18-13-6-3-4-10-16-13/h3-4,6,10,12H,5,7-9,11H2,1-2H3,(H,17,19)(H,16,18,20). The molecule has 0 spiro atoms. The highest BCUT2D eigenvalue weighted by Crippen LogP contribution is 2.03. The molecule has 5 nitrogen and oxygen atoms in total. The van der Waals surface area contributed by atoms with Crippen molar-refractivity contribution in [3.8, 4) is 0 Å². The van der Waals surface area contributed by atoms with Crippen LogP contribution >= 0.6 is 0 Å². The van der Waals surface area contributed by atoms with Gasteiger partial charge in [0.1, 0.15) is 5.82 Å². The average molecular weight is 277 g/mol. The second-order valence-electron chi connectivity index (χ2n) is 5.15. The first kappa shape index (κ1) is 16.1. The van der Waals surface area contributed by atoms with Gasteiger partial charge in [-0.1, -0.05) is 19.9 Å². The van der Waals surface area contributed by atoms with E-state index in [4.69, 9.17) is 0 Å². The zero-order chi connectivity index (χ0) is 14.8. The van der Waals surface area contributed by atoms with Crippen molar-refractivity contribution in [1.29, 1.82) is 0 Å². The quantitative estimate of drug-likeness (QED) is 0.766. The van der Waals surface area contributed by atoms with Gasteiger partial charge in [-0.2, -0.15) is 0 Å². The smallest absolute Gasteiger partial charge is 0.225 e. The molecule has 1 aromatic heterocycles. The van der Waals surface area contributed by atoms with Crippen LogP contribution in [0.15, 0.2) is 24.4 Å².